The number of rotatable bonds is 5. The summed E-state index contributed by atoms with van der Waals surface area (Å²) >= 11 is 5.45. The van der Waals surface area contributed by atoms with Crippen LogP contribution in [-0.4, -0.2) is 16.8 Å². The fourth-order valence-corrected chi connectivity index (χ4v) is 5.41. The van der Waals surface area contributed by atoms with Gasteiger partial charge in [0.15, 0.2) is 0 Å². The molecule has 1 unspecified atom stereocenters. The zero-order valence-corrected chi connectivity index (χ0v) is 12.5. The molecule has 0 aliphatic rings. The number of hydrogen-bond donors (Lipinski definition) is 1. The Morgan fingerprint density at radius 1 is 1.50 bits per heavy atom. The normalized spacial score (nSPS) is 17.2. The Balaban J connectivity index is 3.12. The van der Waals surface area contributed by atoms with E-state index in [0.717, 1.165) is 12.4 Å². The second kappa shape index (κ2) is 7.78. The number of nitrogens with two attached hydrogens (primary N) is 1. The molecule has 10 heavy (non-hydrogen) atoms. The molecule has 0 aliphatic heterocycles. The van der Waals surface area contributed by atoms with Crippen molar-refractivity contribution in [2.24, 2.45) is 5.73 Å². The Bertz CT molecular complexity index is 77.4. The third-order valence-corrected chi connectivity index (χ3v) is 9.24. The van der Waals surface area contributed by atoms with E-state index < -0.39 is 0 Å². The molecule has 0 rings (SSSR count). The van der Waals surface area contributed by atoms with Crippen molar-refractivity contribution in [3.05, 3.63) is 0 Å². The van der Waals surface area contributed by atoms with Crippen molar-refractivity contribution >= 4 is 45.2 Å². The van der Waals surface area contributed by atoms with E-state index in [4.69, 9.17) is 5.73 Å². The van der Waals surface area contributed by atoms with Crippen molar-refractivity contribution in [3.8, 4) is 0 Å². The van der Waals surface area contributed by atoms with Crippen molar-refractivity contribution in [1.82, 2.24) is 0 Å². The van der Waals surface area contributed by atoms with Crippen LogP contribution in [0.1, 0.15) is 13.3 Å². The van der Waals surface area contributed by atoms with E-state index in [0.29, 0.717) is 21.2 Å². The average Bonchev–Trinajstić information content (AvgIpc) is 1.85. The van der Waals surface area contributed by atoms with Crippen LogP contribution in [0.5, 0.6) is 0 Å². The molecule has 0 aromatic heterocycles. The SMILES string of the molecule is C[C@@H](I)C[I-]C(I)CCN. The first-order valence-electron chi connectivity index (χ1n) is 3.22. The molecule has 0 amide bonds. The minimum absolute atomic E-state index is 0.415. The van der Waals surface area contributed by atoms with Gasteiger partial charge in [-0.05, 0) is 0 Å². The number of alkyl halides is 4. The van der Waals surface area contributed by atoms with Crippen LogP contribution in [0.15, 0.2) is 0 Å². The van der Waals surface area contributed by atoms with Crippen molar-refractivity contribution in [3.63, 3.8) is 0 Å². The van der Waals surface area contributed by atoms with Gasteiger partial charge in [0.2, 0.25) is 0 Å². The second-order valence-electron chi connectivity index (χ2n) is 2.06. The van der Waals surface area contributed by atoms with Gasteiger partial charge in [-0.25, -0.2) is 0 Å². The first-order chi connectivity index (χ1) is 4.66. The van der Waals surface area contributed by atoms with Crippen molar-refractivity contribution in [2.45, 2.75) is 19.2 Å². The maximum atomic E-state index is 5.45. The zero-order chi connectivity index (χ0) is 7.98. The molecule has 0 bridgehead atoms. The number of halogens is 3. The van der Waals surface area contributed by atoms with Gasteiger partial charge in [0.1, 0.15) is 0 Å². The van der Waals surface area contributed by atoms with Crippen LogP contribution in [0.3, 0.4) is 0 Å². The van der Waals surface area contributed by atoms with Gasteiger partial charge in [-0.3, -0.25) is 0 Å². The molecule has 0 spiro atoms. The van der Waals surface area contributed by atoms with E-state index in [1.165, 1.54) is 10.8 Å². The Morgan fingerprint density at radius 2 is 2.10 bits per heavy atom. The van der Waals surface area contributed by atoms with E-state index in [-0.39, 0.29) is 0 Å². The first kappa shape index (κ1) is 12.2. The van der Waals surface area contributed by atoms with Gasteiger partial charge >= 0.3 is 102 Å². The third kappa shape index (κ3) is 8.25. The molecule has 0 aromatic rings. The molecule has 0 radical (unpaired) electrons. The average molecular weight is 480 g/mol. The Morgan fingerprint density at radius 3 is 2.50 bits per heavy atom. The van der Waals surface area contributed by atoms with Crippen molar-refractivity contribution < 1.29 is 21.2 Å². The molecule has 0 heterocycles. The van der Waals surface area contributed by atoms with Gasteiger partial charge in [-0.2, -0.15) is 0 Å². The summed E-state index contributed by atoms with van der Waals surface area (Å²) in [4.78, 5) is 0. The van der Waals surface area contributed by atoms with Gasteiger partial charge in [-0.15, -0.1) is 0 Å². The molecule has 0 fully saturated rings. The topological polar surface area (TPSA) is 26.0 Å². The first-order valence-corrected chi connectivity index (χ1v) is 8.49. The number of hydrogen-bond acceptors (Lipinski definition) is 1. The van der Waals surface area contributed by atoms with Crippen LogP contribution in [0, 0.1) is 0 Å². The molecule has 0 aliphatic carbocycles. The van der Waals surface area contributed by atoms with Crippen LogP contribution < -0.4 is 26.9 Å². The van der Waals surface area contributed by atoms with Crippen LogP contribution >= 0.6 is 45.2 Å². The summed E-state index contributed by atoms with van der Waals surface area (Å²) in [6.45, 7) is 3.15. The fourth-order valence-electron chi connectivity index (χ4n) is 0.423. The van der Waals surface area contributed by atoms with Crippen LogP contribution in [-0.2, 0) is 0 Å². The van der Waals surface area contributed by atoms with Gasteiger partial charge in [0.25, 0.3) is 0 Å². The monoisotopic (exact) mass is 480 g/mol. The zero-order valence-electron chi connectivity index (χ0n) is 5.99. The predicted molar refractivity (Wildman–Crippen MR) is 59.8 cm³/mol. The quantitative estimate of drug-likeness (QED) is 0.398. The molecule has 0 saturated carbocycles. The van der Waals surface area contributed by atoms with Gasteiger partial charge in [0.05, 0.1) is 0 Å². The molecule has 1 nitrogen and oxygen atoms in total. The van der Waals surface area contributed by atoms with E-state index in [2.05, 4.69) is 52.1 Å². The summed E-state index contributed by atoms with van der Waals surface area (Å²) in [5, 5.41) is 0. The Labute approximate surface area is 101 Å². The summed E-state index contributed by atoms with van der Waals surface area (Å²) in [5.41, 5.74) is 5.45. The summed E-state index contributed by atoms with van der Waals surface area (Å²) in [5.74, 6) is 0. The summed E-state index contributed by atoms with van der Waals surface area (Å²) in [7, 11) is 0. The molecule has 2 atom stereocenters. The molecule has 0 saturated heterocycles. The predicted octanol–water partition coefficient (Wildman–Crippen LogP) is -0.991. The molecular weight excluding hydrogens is 467 g/mol. The van der Waals surface area contributed by atoms with Gasteiger partial charge < -0.3 is 0 Å². The molecular formula is C6H13I3N-. The van der Waals surface area contributed by atoms with Crippen LogP contribution in [0.2, 0.25) is 0 Å². The van der Waals surface area contributed by atoms with E-state index in [1.807, 2.05) is 0 Å². The van der Waals surface area contributed by atoms with E-state index in [9.17, 15) is 0 Å². The van der Waals surface area contributed by atoms with E-state index in [1.54, 1.807) is 0 Å². The maximum absolute atomic E-state index is 5.45. The molecule has 4 heteroatoms. The summed E-state index contributed by atoms with van der Waals surface area (Å²) in [6.07, 6.45) is 1.22. The molecule has 0 aromatic carbocycles. The van der Waals surface area contributed by atoms with Gasteiger partial charge in [-0.1, -0.05) is 0 Å². The van der Waals surface area contributed by atoms with Crippen LogP contribution in [0.25, 0.3) is 0 Å². The molecule has 2 N–H and O–H groups in total. The van der Waals surface area contributed by atoms with E-state index >= 15 is 0 Å². The van der Waals surface area contributed by atoms with Crippen LogP contribution in [0.4, 0.5) is 0 Å². The summed E-state index contributed by atoms with van der Waals surface area (Å²) in [6, 6.07) is 0. The Kier molecular flexibility index (Phi) is 9.45. The Hall–Kier alpha value is 2.15. The fraction of sp³-hybridized carbons (Fsp3) is 1.00. The molecule has 64 valence electrons. The third-order valence-electron chi connectivity index (χ3n) is 0.854. The van der Waals surface area contributed by atoms with Crippen molar-refractivity contribution in [2.75, 3.05) is 11.0 Å². The minimum atomic E-state index is 0.415. The van der Waals surface area contributed by atoms with Gasteiger partial charge in [0, 0.05) is 0 Å². The second-order valence-corrected chi connectivity index (χ2v) is 11.3. The standard InChI is InChI=1S/C6H13I3N/c1-5(7)4-9-6(8)2-3-10/h5-6H,2-4,10H2,1H3/q-1/t5-,6?/m1/s1. The van der Waals surface area contributed by atoms with Crippen molar-refractivity contribution in [1.29, 1.82) is 0 Å². The summed E-state index contributed by atoms with van der Waals surface area (Å²) < 4.78 is 3.20.